The van der Waals surface area contributed by atoms with E-state index in [1.54, 1.807) is 0 Å². The highest BCUT2D eigenvalue weighted by atomic mass is 79.9. The monoisotopic (exact) mass is 310 g/mol. The molecule has 2 rings (SSSR count). The van der Waals surface area contributed by atoms with Crippen molar-refractivity contribution in [1.82, 2.24) is 4.98 Å². The number of nitrogens with one attached hydrogen (secondary N) is 1. The van der Waals surface area contributed by atoms with E-state index in [2.05, 4.69) is 26.2 Å². The number of thiazole rings is 1. The SMILES string of the molecule is Cc1nc(C)c(C(=O)Nc2ccccc2Br)s1. The van der Waals surface area contributed by atoms with E-state index >= 15 is 0 Å². The van der Waals surface area contributed by atoms with Gasteiger partial charge in [-0.15, -0.1) is 11.3 Å². The number of carbonyl (C=O) groups excluding carboxylic acids is 1. The van der Waals surface area contributed by atoms with Gasteiger partial charge >= 0.3 is 0 Å². The molecule has 1 N–H and O–H groups in total. The lowest BCUT2D eigenvalue weighted by molar-refractivity contribution is 0.102. The minimum atomic E-state index is -0.111. The van der Waals surface area contributed by atoms with Crippen LogP contribution in [0.2, 0.25) is 0 Å². The van der Waals surface area contributed by atoms with Crippen molar-refractivity contribution in [1.29, 1.82) is 0 Å². The maximum atomic E-state index is 12.0. The van der Waals surface area contributed by atoms with E-state index in [9.17, 15) is 4.79 Å². The van der Waals surface area contributed by atoms with E-state index in [0.717, 1.165) is 20.9 Å². The van der Waals surface area contributed by atoms with Gasteiger partial charge in [-0.05, 0) is 41.9 Å². The van der Waals surface area contributed by atoms with Gasteiger partial charge in [0, 0.05) is 4.47 Å². The van der Waals surface area contributed by atoms with Crippen LogP contribution in [-0.4, -0.2) is 10.9 Å². The van der Waals surface area contributed by atoms with Crippen LogP contribution in [0.15, 0.2) is 28.7 Å². The summed E-state index contributed by atoms with van der Waals surface area (Å²) >= 11 is 4.80. The van der Waals surface area contributed by atoms with Crippen LogP contribution in [0.1, 0.15) is 20.4 Å². The van der Waals surface area contributed by atoms with Gasteiger partial charge in [0.05, 0.1) is 16.4 Å². The van der Waals surface area contributed by atoms with Crippen LogP contribution in [0.3, 0.4) is 0 Å². The first-order valence-electron chi connectivity index (χ1n) is 5.08. The van der Waals surface area contributed by atoms with Crippen molar-refractivity contribution in [2.24, 2.45) is 0 Å². The smallest absolute Gasteiger partial charge is 0.267 e. The van der Waals surface area contributed by atoms with Crippen molar-refractivity contribution < 1.29 is 4.79 Å². The summed E-state index contributed by atoms with van der Waals surface area (Å²) < 4.78 is 0.868. The highest BCUT2D eigenvalue weighted by Crippen LogP contribution is 2.24. The minimum absolute atomic E-state index is 0.111. The standard InChI is InChI=1S/C12H11BrN2OS/c1-7-11(17-8(2)14-7)12(16)15-10-6-4-3-5-9(10)13/h3-6H,1-2H3,(H,15,16). The number of benzene rings is 1. The van der Waals surface area contributed by atoms with Crippen LogP contribution in [0.25, 0.3) is 0 Å². The fraction of sp³-hybridized carbons (Fsp3) is 0.167. The molecule has 17 heavy (non-hydrogen) atoms. The summed E-state index contributed by atoms with van der Waals surface area (Å²) in [6.07, 6.45) is 0. The highest BCUT2D eigenvalue weighted by molar-refractivity contribution is 9.10. The van der Waals surface area contributed by atoms with Gasteiger partial charge in [-0.3, -0.25) is 4.79 Å². The second-order valence-electron chi connectivity index (χ2n) is 3.58. The Hall–Kier alpha value is -1.20. The summed E-state index contributed by atoms with van der Waals surface area (Å²) in [5, 5.41) is 3.77. The number of aromatic nitrogens is 1. The van der Waals surface area contributed by atoms with Crippen LogP contribution < -0.4 is 5.32 Å². The van der Waals surface area contributed by atoms with Crippen LogP contribution in [-0.2, 0) is 0 Å². The van der Waals surface area contributed by atoms with E-state index in [0.29, 0.717) is 4.88 Å². The molecule has 2 aromatic rings. The first-order valence-corrected chi connectivity index (χ1v) is 6.69. The third-order valence-corrected chi connectivity index (χ3v) is 3.99. The molecule has 88 valence electrons. The molecule has 0 bridgehead atoms. The van der Waals surface area contributed by atoms with Crippen molar-refractivity contribution in [2.45, 2.75) is 13.8 Å². The molecule has 0 fully saturated rings. The van der Waals surface area contributed by atoms with Crippen LogP contribution in [0.4, 0.5) is 5.69 Å². The minimum Gasteiger partial charge on any atom is -0.320 e. The van der Waals surface area contributed by atoms with Crippen molar-refractivity contribution in [2.75, 3.05) is 5.32 Å². The molecule has 0 spiro atoms. The number of rotatable bonds is 2. The number of carbonyl (C=O) groups is 1. The maximum absolute atomic E-state index is 12.0. The Morgan fingerprint density at radius 2 is 2.06 bits per heavy atom. The van der Waals surface area contributed by atoms with Gasteiger partial charge in [0.2, 0.25) is 0 Å². The summed E-state index contributed by atoms with van der Waals surface area (Å²) in [7, 11) is 0. The number of halogens is 1. The largest absolute Gasteiger partial charge is 0.320 e. The van der Waals surface area contributed by atoms with E-state index in [-0.39, 0.29) is 5.91 Å². The Kier molecular flexibility index (Phi) is 3.59. The molecule has 0 aliphatic heterocycles. The number of hydrogen-bond donors (Lipinski definition) is 1. The predicted octanol–water partition coefficient (Wildman–Crippen LogP) is 3.77. The summed E-state index contributed by atoms with van der Waals surface area (Å²) in [4.78, 5) is 16.9. The van der Waals surface area contributed by atoms with Crippen molar-refractivity contribution in [3.8, 4) is 0 Å². The predicted molar refractivity (Wildman–Crippen MR) is 73.7 cm³/mol. The second-order valence-corrected chi connectivity index (χ2v) is 5.64. The average molecular weight is 311 g/mol. The first-order chi connectivity index (χ1) is 8.08. The van der Waals surface area contributed by atoms with E-state index < -0.39 is 0 Å². The molecule has 0 aliphatic rings. The zero-order valence-electron chi connectivity index (χ0n) is 9.45. The van der Waals surface area contributed by atoms with Gasteiger partial charge in [0.15, 0.2) is 0 Å². The Balaban J connectivity index is 2.23. The van der Waals surface area contributed by atoms with Gasteiger partial charge in [-0.25, -0.2) is 4.98 Å². The molecule has 5 heteroatoms. The summed E-state index contributed by atoms with van der Waals surface area (Å²) in [5.74, 6) is -0.111. The number of aryl methyl sites for hydroxylation is 2. The quantitative estimate of drug-likeness (QED) is 0.917. The Morgan fingerprint density at radius 1 is 1.35 bits per heavy atom. The van der Waals surface area contributed by atoms with E-state index in [1.807, 2.05) is 38.1 Å². The molecular formula is C12H11BrN2OS. The first kappa shape index (κ1) is 12.3. The maximum Gasteiger partial charge on any atom is 0.267 e. The number of hydrogen-bond acceptors (Lipinski definition) is 3. The van der Waals surface area contributed by atoms with E-state index in [1.165, 1.54) is 11.3 Å². The zero-order chi connectivity index (χ0) is 12.4. The Labute approximate surface area is 112 Å². The molecule has 0 aliphatic carbocycles. The third kappa shape index (κ3) is 2.73. The molecule has 1 aromatic carbocycles. The third-order valence-electron chi connectivity index (χ3n) is 2.23. The van der Waals surface area contributed by atoms with Gasteiger partial charge < -0.3 is 5.32 Å². The molecule has 0 unspecified atom stereocenters. The van der Waals surface area contributed by atoms with Gasteiger partial charge in [0.1, 0.15) is 4.88 Å². The van der Waals surface area contributed by atoms with Crippen molar-refractivity contribution in [3.63, 3.8) is 0 Å². The van der Waals surface area contributed by atoms with Crippen molar-refractivity contribution in [3.05, 3.63) is 44.3 Å². The summed E-state index contributed by atoms with van der Waals surface area (Å²) in [6.45, 7) is 3.74. The molecule has 0 saturated carbocycles. The zero-order valence-corrected chi connectivity index (χ0v) is 11.9. The topological polar surface area (TPSA) is 42.0 Å². The molecule has 3 nitrogen and oxygen atoms in total. The second kappa shape index (κ2) is 4.98. The Bertz CT molecular complexity index is 565. The summed E-state index contributed by atoms with van der Waals surface area (Å²) in [6, 6.07) is 7.53. The van der Waals surface area contributed by atoms with Gasteiger partial charge in [-0.1, -0.05) is 12.1 Å². The molecule has 1 aromatic heterocycles. The number of nitrogens with zero attached hydrogens (tertiary/aromatic N) is 1. The fourth-order valence-corrected chi connectivity index (χ4v) is 2.68. The lowest BCUT2D eigenvalue weighted by Crippen LogP contribution is -2.11. The highest BCUT2D eigenvalue weighted by Gasteiger charge is 2.14. The van der Waals surface area contributed by atoms with Crippen LogP contribution in [0, 0.1) is 13.8 Å². The average Bonchev–Trinajstić information content (AvgIpc) is 2.61. The molecule has 1 amide bonds. The number of para-hydroxylation sites is 1. The molecule has 0 saturated heterocycles. The molecule has 0 radical (unpaired) electrons. The van der Waals surface area contributed by atoms with Crippen LogP contribution >= 0.6 is 27.3 Å². The number of amides is 1. The number of anilines is 1. The summed E-state index contributed by atoms with van der Waals surface area (Å²) in [5.41, 5.74) is 1.54. The lowest BCUT2D eigenvalue weighted by Gasteiger charge is -2.05. The lowest BCUT2D eigenvalue weighted by atomic mass is 10.3. The van der Waals surface area contributed by atoms with Gasteiger partial charge in [-0.2, -0.15) is 0 Å². The normalized spacial score (nSPS) is 10.3. The molecule has 1 heterocycles. The van der Waals surface area contributed by atoms with Gasteiger partial charge in [0.25, 0.3) is 5.91 Å². The molecular weight excluding hydrogens is 300 g/mol. The fourth-order valence-electron chi connectivity index (χ4n) is 1.48. The van der Waals surface area contributed by atoms with Crippen molar-refractivity contribution >= 4 is 38.9 Å². The van der Waals surface area contributed by atoms with Crippen LogP contribution in [0.5, 0.6) is 0 Å². The molecule has 0 atom stereocenters. The Morgan fingerprint density at radius 3 is 2.65 bits per heavy atom. The van der Waals surface area contributed by atoms with E-state index in [4.69, 9.17) is 0 Å².